The van der Waals surface area contributed by atoms with Crippen LogP contribution in [-0.4, -0.2) is 49.3 Å². The van der Waals surface area contributed by atoms with Gasteiger partial charge < -0.3 is 19.5 Å². The zero-order valence-corrected chi connectivity index (χ0v) is 14.2. The molecule has 2 atom stereocenters. The molecule has 5 heteroatoms. The molecule has 1 aliphatic heterocycles. The van der Waals surface area contributed by atoms with Crippen molar-refractivity contribution in [2.24, 2.45) is 5.92 Å². The van der Waals surface area contributed by atoms with Gasteiger partial charge in [0.1, 0.15) is 0 Å². The first kappa shape index (κ1) is 17.6. The lowest BCUT2D eigenvalue weighted by Gasteiger charge is -2.36. The van der Waals surface area contributed by atoms with Crippen LogP contribution >= 0.6 is 0 Å². The number of amides is 1. The monoisotopic (exact) mass is 321 g/mol. The van der Waals surface area contributed by atoms with Crippen molar-refractivity contribution in [3.63, 3.8) is 0 Å². The van der Waals surface area contributed by atoms with Crippen molar-refractivity contribution >= 4 is 5.91 Å². The lowest BCUT2D eigenvalue weighted by molar-refractivity contribution is -0.139. The van der Waals surface area contributed by atoms with Gasteiger partial charge in [-0.05, 0) is 43.4 Å². The highest BCUT2D eigenvalue weighted by Crippen LogP contribution is 2.29. The number of piperidine rings is 1. The molecule has 128 valence electrons. The Bertz CT molecular complexity index is 532. The Morgan fingerprint density at radius 3 is 2.70 bits per heavy atom. The molecule has 0 bridgehead atoms. The number of rotatable bonds is 6. The molecule has 1 N–H and O–H groups in total. The van der Waals surface area contributed by atoms with E-state index >= 15 is 0 Å². The number of methoxy groups -OCH3 is 2. The summed E-state index contributed by atoms with van der Waals surface area (Å²) in [6.07, 6.45) is 3.64. The molecule has 1 amide bonds. The summed E-state index contributed by atoms with van der Waals surface area (Å²) in [6, 6.07) is 5.72. The van der Waals surface area contributed by atoms with Crippen LogP contribution < -0.4 is 9.47 Å². The molecule has 0 saturated carbocycles. The Kier molecular flexibility index (Phi) is 6.28. The highest BCUT2D eigenvalue weighted by molar-refractivity contribution is 5.79. The van der Waals surface area contributed by atoms with E-state index in [0.717, 1.165) is 31.4 Å². The minimum atomic E-state index is -0.125. The molecule has 1 fully saturated rings. The normalized spacial score (nSPS) is 19.3. The number of carbonyl (C=O) groups is 1. The summed E-state index contributed by atoms with van der Waals surface area (Å²) < 4.78 is 10.6. The first-order valence-corrected chi connectivity index (χ1v) is 8.23. The summed E-state index contributed by atoms with van der Waals surface area (Å²) in [4.78, 5) is 14.6. The third-order valence-electron chi connectivity index (χ3n) is 4.53. The number of nitrogens with zero attached hydrogens (tertiary/aromatic N) is 1. The van der Waals surface area contributed by atoms with Gasteiger partial charge in [-0.2, -0.15) is 0 Å². The Morgan fingerprint density at radius 2 is 2.04 bits per heavy atom. The van der Waals surface area contributed by atoms with Crippen molar-refractivity contribution in [2.75, 3.05) is 27.4 Å². The maximum atomic E-state index is 12.7. The third-order valence-corrected chi connectivity index (χ3v) is 4.53. The number of aliphatic hydroxyl groups excluding tert-OH is 1. The summed E-state index contributed by atoms with van der Waals surface area (Å²) in [7, 11) is 3.21. The Hall–Kier alpha value is -1.75. The maximum Gasteiger partial charge on any atom is 0.226 e. The molecule has 2 rings (SSSR count). The van der Waals surface area contributed by atoms with Crippen LogP contribution in [-0.2, 0) is 11.2 Å². The first-order chi connectivity index (χ1) is 11.1. The molecule has 1 heterocycles. The SMILES string of the molecule is COc1ccc(CC(C)C(=O)N2CCCCC2CO)cc1OC. The van der Waals surface area contributed by atoms with E-state index in [9.17, 15) is 9.90 Å². The van der Waals surface area contributed by atoms with Crippen LogP contribution in [0.4, 0.5) is 0 Å². The number of benzene rings is 1. The summed E-state index contributed by atoms with van der Waals surface area (Å²) in [5, 5.41) is 9.48. The van der Waals surface area contributed by atoms with E-state index < -0.39 is 0 Å². The zero-order chi connectivity index (χ0) is 16.8. The fourth-order valence-corrected chi connectivity index (χ4v) is 3.21. The number of likely N-dealkylation sites (tertiary alicyclic amines) is 1. The molecule has 1 aliphatic rings. The summed E-state index contributed by atoms with van der Waals surface area (Å²) in [6.45, 7) is 2.75. The molecule has 5 nitrogen and oxygen atoms in total. The Balaban J connectivity index is 2.05. The molecular formula is C18H27NO4. The molecule has 2 unspecified atom stereocenters. The molecule has 0 aromatic heterocycles. The molecule has 1 aromatic carbocycles. The fourth-order valence-electron chi connectivity index (χ4n) is 3.21. The van der Waals surface area contributed by atoms with Gasteiger partial charge in [-0.3, -0.25) is 4.79 Å². The molecule has 0 aliphatic carbocycles. The topological polar surface area (TPSA) is 59.0 Å². The first-order valence-electron chi connectivity index (χ1n) is 8.23. The van der Waals surface area contributed by atoms with Gasteiger partial charge in [-0.15, -0.1) is 0 Å². The van der Waals surface area contributed by atoms with Gasteiger partial charge >= 0.3 is 0 Å². The number of hydrogen-bond acceptors (Lipinski definition) is 4. The number of ether oxygens (including phenoxy) is 2. The van der Waals surface area contributed by atoms with Crippen LogP contribution in [0.15, 0.2) is 18.2 Å². The predicted molar refractivity (Wildman–Crippen MR) is 88.9 cm³/mol. The quantitative estimate of drug-likeness (QED) is 0.873. The van der Waals surface area contributed by atoms with Gasteiger partial charge in [0.2, 0.25) is 5.91 Å². The van der Waals surface area contributed by atoms with Crippen molar-refractivity contribution in [3.8, 4) is 11.5 Å². The largest absolute Gasteiger partial charge is 0.493 e. The minimum absolute atomic E-state index is 0.0240. The fraction of sp³-hybridized carbons (Fsp3) is 0.611. The number of aliphatic hydroxyl groups is 1. The summed E-state index contributed by atoms with van der Waals surface area (Å²) in [5.74, 6) is 1.36. The van der Waals surface area contributed by atoms with Gasteiger partial charge in [-0.25, -0.2) is 0 Å². The van der Waals surface area contributed by atoms with Crippen LogP contribution in [0.2, 0.25) is 0 Å². The standard InChI is InChI=1S/C18H27NO4/c1-13(18(21)19-9-5-4-6-15(19)12-20)10-14-7-8-16(22-2)17(11-14)23-3/h7-8,11,13,15,20H,4-6,9-10,12H2,1-3H3. The third kappa shape index (κ3) is 4.16. The minimum Gasteiger partial charge on any atom is -0.493 e. The van der Waals surface area contributed by atoms with Crippen molar-refractivity contribution < 1.29 is 19.4 Å². The van der Waals surface area contributed by atoms with Gasteiger partial charge in [0.15, 0.2) is 11.5 Å². The second kappa shape index (κ2) is 8.20. The average Bonchev–Trinajstić information content (AvgIpc) is 2.60. The van der Waals surface area contributed by atoms with Crippen molar-refractivity contribution in [1.29, 1.82) is 0 Å². The van der Waals surface area contributed by atoms with Crippen LogP contribution in [0.3, 0.4) is 0 Å². The smallest absolute Gasteiger partial charge is 0.226 e. The Labute approximate surface area is 138 Å². The number of hydrogen-bond donors (Lipinski definition) is 1. The van der Waals surface area contributed by atoms with Gasteiger partial charge in [0, 0.05) is 12.5 Å². The van der Waals surface area contributed by atoms with Crippen LogP contribution in [0.25, 0.3) is 0 Å². The molecular weight excluding hydrogens is 294 g/mol. The van der Waals surface area contributed by atoms with Gasteiger partial charge in [0.25, 0.3) is 0 Å². The van der Waals surface area contributed by atoms with E-state index in [2.05, 4.69) is 0 Å². The number of carbonyl (C=O) groups excluding carboxylic acids is 1. The Morgan fingerprint density at radius 1 is 1.30 bits per heavy atom. The zero-order valence-electron chi connectivity index (χ0n) is 14.2. The maximum absolute atomic E-state index is 12.7. The van der Waals surface area contributed by atoms with Gasteiger partial charge in [-0.1, -0.05) is 13.0 Å². The summed E-state index contributed by atoms with van der Waals surface area (Å²) in [5.41, 5.74) is 1.04. The molecule has 0 radical (unpaired) electrons. The average molecular weight is 321 g/mol. The second-order valence-corrected chi connectivity index (χ2v) is 6.16. The second-order valence-electron chi connectivity index (χ2n) is 6.16. The van der Waals surface area contributed by atoms with E-state index in [4.69, 9.17) is 9.47 Å². The lowest BCUT2D eigenvalue weighted by Crippen LogP contribution is -2.48. The highest BCUT2D eigenvalue weighted by Gasteiger charge is 2.29. The lowest BCUT2D eigenvalue weighted by atomic mass is 9.96. The van der Waals surface area contributed by atoms with E-state index in [1.54, 1.807) is 14.2 Å². The summed E-state index contributed by atoms with van der Waals surface area (Å²) >= 11 is 0. The molecule has 1 saturated heterocycles. The van der Waals surface area contributed by atoms with E-state index in [0.29, 0.717) is 17.9 Å². The van der Waals surface area contributed by atoms with Crippen molar-refractivity contribution in [1.82, 2.24) is 4.90 Å². The van der Waals surface area contributed by atoms with E-state index in [1.807, 2.05) is 30.0 Å². The predicted octanol–water partition coefficient (Wildman–Crippen LogP) is 2.26. The molecule has 23 heavy (non-hydrogen) atoms. The van der Waals surface area contributed by atoms with Crippen LogP contribution in [0.5, 0.6) is 11.5 Å². The van der Waals surface area contributed by atoms with Gasteiger partial charge in [0.05, 0.1) is 26.9 Å². The highest BCUT2D eigenvalue weighted by atomic mass is 16.5. The van der Waals surface area contributed by atoms with Crippen LogP contribution in [0.1, 0.15) is 31.7 Å². The van der Waals surface area contributed by atoms with E-state index in [-0.39, 0.29) is 24.5 Å². The van der Waals surface area contributed by atoms with E-state index in [1.165, 1.54) is 0 Å². The molecule has 1 aromatic rings. The van der Waals surface area contributed by atoms with Crippen molar-refractivity contribution in [3.05, 3.63) is 23.8 Å². The molecule has 0 spiro atoms. The van der Waals surface area contributed by atoms with Crippen molar-refractivity contribution in [2.45, 2.75) is 38.6 Å². The van der Waals surface area contributed by atoms with Crippen LogP contribution in [0, 0.1) is 5.92 Å².